The van der Waals surface area contributed by atoms with Gasteiger partial charge in [0.15, 0.2) is 0 Å². The number of nitrogens with two attached hydrogens (primary N) is 1. The highest BCUT2D eigenvalue weighted by Gasteiger charge is 2.16. The van der Waals surface area contributed by atoms with E-state index in [2.05, 4.69) is 5.32 Å². The Hall–Kier alpha value is -0.950. The second-order valence-electron chi connectivity index (χ2n) is 4.43. The molecule has 2 aromatic rings. The Labute approximate surface area is 136 Å². The van der Waals surface area contributed by atoms with Crippen LogP contribution in [-0.4, -0.2) is 35.7 Å². The largest absolute Gasteiger partial charge is 0.397 e. The number of fused-ring (bicyclic) bond motifs is 1. The zero-order valence-corrected chi connectivity index (χ0v) is 13.8. The first kappa shape index (κ1) is 16.4. The molecule has 1 heterocycles. The molecule has 1 aromatic heterocycles. The number of anilines is 1. The molecule has 0 aliphatic heterocycles. The third-order valence-corrected chi connectivity index (χ3v) is 5.36. The number of nitrogens with one attached hydrogen (secondary N) is 1. The Kier molecular flexibility index (Phi) is 6.17. The maximum atomic E-state index is 12.1. The number of carbonyl (C=O) groups is 1. The summed E-state index contributed by atoms with van der Waals surface area (Å²) < 4.78 is 0.958. The fourth-order valence-electron chi connectivity index (χ4n) is 1.84. The number of halogens is 1. The standard InChI is InChI=1S/C14H17ClN2O2S2/c15-9-2-3-11-10(8-9)12(16)13(21-11)14(19)17-4-7-20-6-1-5-18/h2-3,8,18H,1,4-7,16H2,(H,17,19). The number of hydrogen-bond acceptors (Lipinski definition) is 5. The highest BCUT2D eigenvalue weighted by molar-refractivity contribution is 7.99. The highest BCUT2D eigenvalue weighted by Crippen LogP contribution is 2.35. The van der Waals surface area contributed by atoms with E-state index in [-0.39, 0.29) is 12.5 Å². The number of aliphatic hydroxyl groups is 1. The molecule has 21 heavy (non-hydrogen) atoms. The van der Waals surface area contributed by atoms with Gasteiger partial charge < -0.3 is 16.2 Å². The van der Waals surface area contributed by atoms with Gasteiger partial charge in [-0.15, -0.1) is 11.3 Å². The van der Waals surface area contributed by atoms with Crippen LogP contribution in [0.5, 0.6) is 0 Å². The molecule has 0 saturated heterocycles. The normalized spacial score (nSPS) is 11.0. The monoisotopic (exact) mass is 344 g/mol. The van der Waals surface area contributed by atoms with Crippen molar-refractivity contribution in [1.29, 1.82) is 0 Å². The van der Waals surface area contributed by atoms with Crippen LogP contribution in [0.15, 0.2) is 18.2 Å². The highest BCUT2D eigenvalue weighted by atomic mass is 35.5. The van der Waals surface area contributed by atoms with Crippen LogP contribution in [0.1, 0.15) is 16.1 Å². The van der Waals surface area contributed by atoms with Gasteiger partial charge in [-0.05, 0) is 30.4 Å². The minimum Gasteiger partial charge on any atom is -0.397 e. The van der Waals surface area contributed by atoms with Crippen molar-refractivity contribution in [3.63, 3.8) is 0 Å². The quantitative estimate of drug-likeness (QED) is 0.675. The number of rotatable bonds is 7. The Balaban J connectivity index is 1.95. The Morgan fingerprint density at radius 1 is 1.43 bits per heavy atom. The molecule has 1 amide bonds. The summed E-state index contributed by atoms with van der Waals surface area (Å²) in [5.41, 5.74) is 6.53. The van der Waals surface area contributed by atoms with Crippen LogP contribution in [0.3, 0.4) is 0 Å². The zero-order chi connectivity index (χ0) is 15.2. The fourth-order valence-corrected chi connectivity index (χ4v) is 3.82. The lowest BCUT2D eigenvalue weighted by Gasteiger charge is -2.04. The van der Waals surface area contributed by atoms with E-state index in [9.17, 15) is 4.79 Å². The Morgan fingerprint density at radius 2 is 2.24 bits per heavy atom. The summed E-state index contributed by atoms with van der Waals surface area (Å²) in [6.07, 6.45) is 0.780. The van der Waals surface area contributed by atoms with Gasteiger partial charge in [0.05, 0.1) is 5.69 Å². The molecule has 0 bridgehead atoms. The zero-order valence-electron chi connectivity index (χ0n) is 11.4. The fraction of sp³-hybridized carbons (Fsp3) is 0.357. The van der Waals surface area contributed by atoms with Crippen LogP contribution in [0.2, 0.25) is 5.02 Å². The molecule has 0 fully saturated rings. The van der Waals surface area contributed by atoms with Crippen LogP contribution in [0, 0.1) is 0 Å². The Bertz CT molecular complexity index is 631. The van der Waals surface area contributed by atoms with Crippen LogP contribution >= 0.6 is 34.7 Å². The summed E-state index contributed by atoms with van der Waals surface area (Å²) in [6.45, 7) is 0.795. The van der Waals surface area contributed by atoms with Crippen molar-refractivity contribution >= 4 is 56.4 Å². The average molecular weight is 345 g/mol. The number of hydrogen-bond donors (Lipinski definition) is 3. The number of thiophene rings is 1. The summed E-state index contributed by atoms with van der Waals surface area (Å²) in [5, 5.41) is 13.0. The molecular formula is C14H17ClN2O2S2. The molecule has 114 valence electrons. The number of carbonyl (C=O) groups excluding carboxylic acids is 1. The lowest BCUT2D eigenvalue weighted by molar-refractivity contribution is 0.0961. The van der Waals surface area contributed by atoms with Gasteiger partial charge in [-0.2, -0.15) is 11.8 Å². The average Bonchev–Trinajstić information content (AvgIpc) is 2.79. The van der Waals surface area contributed by atoms with Gasteiger partial charge in [-0.25, -0.2) is 0 Å². The van der Waals surface area contributed by atoms with E-state index in [0.717, 1.165) is 28.0 Å². The van der Waals surface area contributed by atoms with Crippen molar-refractivity contribution in [2.45, 2.75) is 6.42 Å². The molecule has 4 nitrogen and oxygen atoms in total. The summed E-state index contributed by atoms with van der Waals surface area (Å²) >= 11 is 9.03. The van der Waals surface area contributed by atoms with E-state index < -0.39 is 0 Å². The number of nitrogen functional groups attached to an aromatic ring is 1. The summed E-state index contributed by atoms with van der Waals surface area (Å²) in [7, 11) is 0. The van der Waals surface area contributed by atoms with Crippen LogP contribution in [-0.2, 0) is 0 Å². The first-order chi connectivity index (χ1) is 10.1. The molecule has 0 unspecified atom stereocenters. The van der Waals surface area contributed by atoms with Crippen molar-refractivity contribution in [3.05, 3.63) is 28.1 Å². The molecular weight excluding hydrogens is 328 g/mol. The van der Waals surface area contributed by atoms with E-state index in [4.69, 9.17) is 22.4 Å². The molecule has 0 atom stereocenters. The predicted octanol–water partition coefficient (Wildman–Crippen LogP) is 2.98. The lowest BCUT2D eigenvalue weighted by atomic mass is 10.2. The van der Waals surface area contributed by atoms with E-state index in [1.165, 1.54) is 11.3 Å². The van der Waals surface area contributed by atoms with Crippen molar-refractivity contribution in [1.82, 2.24) is 5.32 Å². The Morgan fingerprint density at radius 3 is 3.00 bits per heavy atom. The molecule has 7 heteroatoms. The number of amides is 1. The molecule has 0 spiro atoms. The predicted molar refractivity (Wildman–Crippen MR) is 92.6 cm³/mol. The van der Waals surface area contributed by atoms with Gasteiger partial charge in [-0.1, -0.05) is 11.6 Å². The third-order valence-electron chi connectivity index (χ3n) is 2.87. The molecule has 0 aliphatic carbocycles. The molecule has 4 N–H and O–H groups in total. The van der Waals surface area contributed by atoms with Gasteiger partial charge in [0, 0.05) is 34.0 Å². The van der Waals surface area contributed by atoms with Crippen LogP contribution < -0.4 is 11.1 Å². The van der Waals surface area contributed by atoms with Crippen molar-refractivity contribution < 1.29 is 9.90 Å². The molecule has 0 radical (unpaired) electrons. The summed E-state index contributed by atoms with van der Waals surface area (Å²) in [4.78, 5) is 12.7. The third kappa shape index (κ3) is 4.26. The topological polar surface area (TPSA) is 75.4 Å². The van der Waals surface area contributed by atoms with Crippen LogP contribution in [0.4, 0.5) is 5.69 Å². The van der Waals surface area contributed by atoms with Gasteiger partial charge in [0.1, 0.15) is 4.88 Å². The van der Waals surface area contributed by atoms with E-state index >= 15 is 0 Å². The van der Waals surface area contributed by atoms with Crippen LogP contribution in [0.25, 0.3) is 10.1 Å². The lowest BCUT2D eigenvalue weighted by Crippen LogP contribution is -2.25. The molecule has 1 aromatic carbocycles. The molecule has 0 saturated carbocycles. The molecule has 0 aliphatic rings. The van der Waals surface area contributed by atoms with Gasteiger partial charge in [-0.3, -0.25) is 4.79 Å². The minimum absolute atomic E-state index is 0.146. The SMILES string of the molecule is Nc1c(C(=O)NCCSCCCO)sc2ccc(Cl)cc12. The van der Waals surface area contributed by atoms with Crippen molar-refractivity contribution in [3.8, 4) is 0 Å². The van der Waals surface area contributed by atoms with Gasteiger partial charge >= 0.3 is 0 Å². The molecule has 2 rings (SSSR count). The second kappa shape index (κ2) is 7.89. The van der Waals surface area contributed by atoms with E-state index in [1.807, 2.05) is 6.07 Å². The van der Waals surface area contributed by atoms with Gasteiger partial charge in [0.25, 0.3) is 5.91 Å². The van der Waals surface area contributed by atoms with E-state index in [1.54, 1.807) is 23.9 Å². The smallest absolute Gasteiger partial charge is 0.263 e. The summed E-state index contributed by atoms with van der Waals surface area (Å²) in [6, 6.07) is 5.45. The maximum Gasteiger partial charge on any atom is 0.263 e. The number of aliphatic hydroxyl groups excluding tert-OH is 1. The van der Waals surface area contributed by atoms with Crippen molar-refractivity contribution in [2.75, 3.05) is 30.4 Å². The maximum absolute atomic E-state index is 12.1. The first-order valence-corrected chi connectivity index (χ1v) is 8.92. The first-order valence-electron chi connectivity index (χ1n) is 6.58. The van der Waals surface area contributed by atoms with Gasteiger partial charge in [0.2, 0.25) is 0 Å². The number of benzene rings is 1. The van der Waals surface area contributed by atoms with E-state index in [0.29, 0.717) is 22.1 Å². The minimum atomic E-state index is -0.146. The second-order valence-corrected chi connectivity index (χ2v) is 7.14. The van der Waals surface area contributed by atoms with Crippen molar-refractivity contribution in [2.24, 2.45) is 0 Å². The summed E-state index contributed by atoms with van der Waals surface area (Å²) in [5.74, 6) is 1.57. The number of thioether (sulfide) groups is 1.